The van der Waals surface area contributed by atoms with Crippen LogP contribution in [-0.4, -0.2) is 22.6 Å². The van der Waals surface area contributed by atoms with Crippen LogP contribution < -0.4 is 5.73 Å². The fourth-order valence-electron chi connectivity index (χ4n) is 2.07. The summed E-state index contributed by atoms with van der Waals surface area (Å²) in [5, 5.41) is 2.11. The number of carbonyl (C=O) groups excluding carboxylic acids is 1. The van der Waals surface area contributed by atoms with E-state index >= 15 is 0 Å². The number of carbonyl (C=O) groups is 1. The highest BCUT2D eigenvalue weighted by Gasteiger charge is 2.22. The summed E-state index contributed by atoms with van der Waals surface area (Å²) in [5.74, 6) is -0.372. The molecule has 4 heteroatoms. The fourth-order valence-corrected chi connectivity index (χ4v) is 2.07. The summed E-state index contributed by atoms with van der Waals surface area (Å²) in [6, 6.07) is 7.19. The fraction of sp³-hybridized carbons (Fsp3) is 0.375. The molecule has 0 aliphatic rings. The van der Waals surface area contributed by atoms with Gasteiger partial charge in [-0.15, -0.1) is 0 Å². The summed E-state index contributed by atoms with van der Waals surface area (Å²) in [4.78, 5) is 16.0. The normalized spacial score (nSPS) is 13.2. The molecule has 2 aromatic rings. The second-order valence-electron chi connectivity index (χ2n) is 5.86. The molecule has 0 bridgehead atoms. The van der Waals surface area contributed by atoms with Crippen molar-refractivity contribution in [2.45, 2.75) is 38.8 Å². The summed E-state index contributed by atoms with van der Waals surface area (Å²) >= 11 is 0. The molecule has 0 saturated carbocycles. The largest absolute Gasteiger partial charge is 0.459 e. The third-order valence-electron chi connectivity index (χ3n) is 2.92. The van der Waals surface area contributed by atoms with Gasteiger partial charge in [-0.25, -0.2) is 0 Å². The molecule has 2 rings (SSSR count). The first-order valence-corrected chi connectivity index (χ1v) is 6.67. The molecule has 0 amide bonds. The lowest BCUT2D eigenvalue weighted by Crippen LogP contribution is -2.38. The Bertz CT molecular complexity index is 612. The van der Waals surface area contributed by atoms with Gasteiger partial charge in [0.05, 0.1) is 0 Å². The van der Waals surface area contributed by atoms with Crippen LogP contribution in [-0.2, 0) is 16.0 Å². The summed E-state index contributed by atoms with van der Waals surface area (Å²) < 4.78 is 5.31. The van der Waals surface area contributed by atoms with Crippen molar-refractivity contribution in [2.24, 2.45) is 5.73 Å². The lowest BCUT2D eigenvalue weighted by atomic mass is 10.0. The highest BCUT2D eigenvalue weighted by atomic mass is 16.6. The minimum Gasteiger partial charge on any atom is -0.459 e. The van der Waals surface area contributed by atoms with E-state index in [1.54, 1.807) is 12.4 Å². The monoisotopic (exact) mass is 272 g/mol. The Hall–Kier alpha value is -1.94. The molecule has 0 fully saturated rings. The van der Waals surface area contributed by atoms with Crippen molar-refractivity contribution in [3.05, 3.63) is 42.2 Å². The molecular formula is C16H20N2O2. The maximum absolute atomic E-state index is 11.9. The van der Waals surface area contributed by atoms with Crippen molar-refractivity contribution in [3.8, 4) is 0 Å². The highest BCUT2D eigenvalue weighted by molar-refractivity contribution is 5.86. The van der Waals surface area contributed by atoms with E-state index in [-0.39, 0.29) is 5.97 Å². The van der Waals surface area contributed by atoms with Gasteiger partial charge in [-0.2, -0.15) is 0 Å². The minimum atomic E-state index is -0.659. The van der Waals surface area contributed by atoms with Gasteiger partial charge in [0.25, 0.3) is 0 Å². The Kier molecular flexibility index (Phi) is 4.04. The van der Waals surface area contributed by atoms with Crippen LogP contribution in [0.15, 0.2) is 36.7 Å². The van der Waals surface area contributed by atoms with Crippen molar-refractivity contribution >= 4 is 16.7 Å². The maximum atomic E-state index is 11.9. The molecule has 0 aliphatic heterocycles. The predicted molar refractivity (Wildman–Crippen MR) is 79.3 cm³/mol. The van der Waals surface area contributed by atoms with Gasteiger partial charge in [-0.3, -0.25) is 9.78 Å². The third-order valence-corrected chi connectivity index (χ3v) is 2.92. The number of hydrogen-bond donors (Lipinski definition) is 1. The number of hydrogen-bond acceptors (Lipinski definition) is 4. The Morgan fingerprint density at radius 3 is 2.80 bits per heavy atom. The van der Waals surface area contributed by atoms with E-state index in [1.807, 2.05) is 45.0 Å². The molecule has 2 N–H and O–H groups in total. The lowest BCUT2D eigenvalue weighted by Gasteiger charge is -2.22. The number of rotatable bonds is 3. The number of nitrogens with two attached hydrogens (primary N) is 1. The average molecular weight is 272 g/mol. The molecule has 1 heterocycles. The zero-order chi connectivity index (χ0) is 14.8. The number of pyridine rings is 1. The zero-order valence-corrected chi connectivity index (χ0v) is 12.1. The number of aromatic nitrogens is 1. The van der Waals surface area contributed by atoms with Crippen LogP contribution in [0, 0.1) is 0 Å². The molecule has 1 aromatic carbocycles. The number of esters is 1. The van der Waals surface area contributed by atoms with Crippen LogP contribution in [0.25, 0.3) is 10.8 Å². The number of fused-ring (bicyclic) bond motifs is 1. The predicted octanol–water partition coefficient (Wildman–Crippen LogP) is 2.45. The average Bonchev–Trinajstić information content (AvgIpc) is 2.37. The first-order chi connectivity index (χ1) is 9.37. The molecule has 0 spiro atoms. The van der Waals surface area contributed by atoms with Crippen LogP contribution in [0.1, 0.15) is 26.3 Å². The Labute approximate surface area is 119 Å². The number of ether oxygens (including phenoxy) is 1. The summed E-state index contributed by atoms with van der Waals surface area (Å²) in [7, 11) is 0. The van der Waals surface area contributed by atoms with Gasteiger partial charge in [-0.05, 0) is 44.2 Å². The Balaban J connectivity index is 2.18. The molecular weight excluding hydrogens is 252 g/mol. The standard InChI is InChI=1S/C16H20N2O2/c1-16(2,3)20-15(19)14(17)9-11-5-4-6-12-10-18-8-7-13(11)12/h4-8,10,14H,9,17H2,1-3H3/t14-/m1/s1. The molecule has 0 saturated heterocycles. The van der Waals surface area contributed by atoms with E-state index in [2.05, 4.69) is 4.98 Å². The molecule has 20 heavy (non-hydrogen) atoms. The number of nitrogens with zero attached hydrogens (tertiary/aromatic N) is 1. The van der Waals surface area contributed by atoms with E-state index in [1.165, 1.54) is 0 Å². The molecule has 106 valence electrons. The van der Waals surface area contributed by atoms with Crippen molar-refractivity contribution in [1.82, 2.24) is 4.98 Å². The first kappa shape index (κ1) is 14.5. The van der Waals surface area contributed by atoms with Crippen LogP contribution in [0.4, 0.5) is 0 Å². The van der Waals surface area contributed by atoms with Gasteiger partial charge in [0.1, 0.15) is 11.6 Å². The molecule has 0 radical (unpaired) electrons. The summed E-state index contributed by atoms with van der Waals surface area (Å²) in [6.45, 7) is 5.50. The second kappa shape index (κ2) is 5.59. The zero-order valence-electron chi connectivity index (χ0n) is 12.1. The van der Waals surface area contributed by atoms with E-state index in [0.717, 1.165) is 16.3 Å². The smallest absolute Gasteiger partial charge is 0.323 e. The van der Waals surface area contributed by atoms with Crippen molar-refractivity contribution < 1.29 is 9.53 Å². The maximum Gasteiger partial charge on any atom is 0.323 e. The van der Waals surface area contributed by atoms with E-state index in [4.69, 9.17) is 10.5 Å². The SMILES string of the molecule is CC(C)(C)OC(=O)[C@H](N)Cc1cccc2cnccc12. The van der Waals surface area contributed by atoms with Crippen LogP contribution in [0.5, 0.6) is 0 Å². The summed E-state index contributed by atoms with van der Waals surface area (Å²) in [6.07, 6.45) is 4.00. The van der Waals surface area contributed by atoms with Crippen molar-refractivity contribution in [1.29, 1.82) is 0 Å². The quantitative estimate of drug-likeness (QED) is 0.872. The highest BCUT2D eigenvalue weighted by Crippen LogP contribution is 2.19. The molecule has 0 aliphatic carbocycles. The summed E-state index contributed by atoms with van der Waals surface area (Å²) in [5.41, 5.74) is 6.47. The van der Waals surface area contributed by atoms with Gasteiger partial charge >= 0.3 is 5.97 Å². The topological polar surface area (TPSA) is 65.2 Å². The molecule has 0 unspecified atom stereocenters. The van der Waals surface area contributed by atoms with Gasteiger partial charge in [0, 0.05) is 17.8 Å². The second-order valence-corrected chi connectivity index (χ2v) is 5.86. The Morgan fingerprint density at radius 2 is 2.10 bits per heavy atom. The van der Waals surface area contributed by atoms with Crippen molar-refractivity contribution in [2.75, 3.05) is 0 Å². The van der Waals surface area contributed by atoms with E-state index in [0.29, 0.717) is 6.42 Å². The molecule has 1 aromatic heterocycles. The number of benzene rings is 1. The van der Waals surface area contributed by atoms with Crippen molar-refractivity contribution in [3.63, 3.8) is 0 Å². The van der Waals surface area contributed by atoms with E-state index in [9.17, 15) is 4.79 Å². The van der Waals surface area contributed by atoms with Gasteiger partial charge in [0.15, 0.2) is 0 Å². The minimum absolute atomic E-state index is 0.372. The lowest BCUT2D eigenvalue weighted by molar-refractivity contribution is -0.156. The molecule has 1 atom stereocenters. The van der Waals surface area contributed by atoms with Gasteiger partial charge in [0.2, 0.25) is 0 Å². The van der Waals surface area contributed by atoms with Crippen LogP contribution >= 0.6 is 0 Å². The van der Waals surface area contributed by atoms with Crippen LogP contribution in [0.2, 0.25) is 0 Å². The molecule has 4 nitrogen and oxygen atoms in total. The first-order valence-electron chi connectivity index (χ1n) is 6.67. The Morgan fingerprint density at radius 1 is 1.35 bits per heavy atom. The van der Waals surface area contributed by atoms with Crippen LogP contribution in [0.3, 0.4) is 0 Å². The third kappa shape index (κ3) is 3.54. The van der Waals surface area contributed by atoms with Gasteiger partial charge < -0.3 is 10.5 Å². The van der Waals surface area contributed by atoms with E-state index < -0.39 is 11.6 Å². The van der Waals surface area contributed by atoms with Gasteiger partial charge in [-0.1, -0.05) is 18.2 Å².